The van der Waals surface area contributed by atoms with Gasteiger partial charge in [-0.2, -0.15) is 0 Å². The van der Waals surface area contributed by atoms with E-state index in [1.807, 2.05) is 18.2 Å². The summed E-state index contributed by atoms with van der Waals surface area (Å²) in [5.74, 6) is -1.78. The Morgan fingerprint density at radius 1 is 0.964 bits per heavy atom. The van der Waals surface area contributed by atoms with E-state index in [1.54, 1.807) is 24.3 Å². The van der Waals surface area contributed by atoms with E-state index in [9.17, 15) is 19.5 Å². The Bertz CT molecular complexity index is 807. The quantitative estimate of drug-likeness (QED) is 0.548. The highest BCUT2D eigenvalue weighted by Crippen LogP contribution is 2.12. The second-order valence-electron chi connectivity index (χ2n) is 6.20. The smallest absolute Gasteiger partial charge is 0.408 e. The molecule has 0 saturated heterocycles. The van der Waals surface area contributed by atoms with Gasteiger partial charge in [-0.15, -0.1) is 0 Å². The zero-order valence-corrected chi connectivity index (χ0v) is 15.3. The Labute approximate surface area is 162 Å². The van der Waals surface area contributed by atoms with Gasteiger partial charge in [-0.3, -0.25) is 9.59 Å². The van der Waals surface area contributed by atoms with Crippen molar-refractivity contribution in [1.82, 2.24) is 10.6 Å². The summed E-state index contributed by atoms with van der Waals surface area (Å²) in [5.41, 5.74) is 1.46. The predicted molar refractivity (Wildman–Crippen MR) is 101 cm³/mol. The van der Waals surface area contributed by atoms with Gasteiger partial charge in [0.1, 0.15) is 24.4 Å². The van der Waals surface area contributed by atoms with Crippen LogP contribution < -0.4 is 10.6 Å². The molecule has 2 aromatic carbocycles. The number of nitrogens with one attached hydrogen (secondary N) is 2. The van der Waals surface area contributed by atoms with Crippen molar-refractivity contribution >= 4 is 18.0 Å². The number of hydrogen-bond acceptors (Lipinski definition) is 5. The van der Waals surface area contributed by atoms with Gasteiger partial charge in [-0.05, 0) is 30.2 Å². The van der Waals surface area contributed by atoms with Gasteiger partial charge in [0.2, 0.25) is 5.91 Å². The fraction of sp³-hybridized carbons (Fsp3) is 0.250. The fourth-order valence-corrected chi connectivity index (χ4v) is 2.36. The Morgan fingerprint density at radius 3 is 2.21 bits per heavy atom. The number of aliphatic carboxylic acids is 1. The summed E-state index contributed by atoms with van der Waals surface area (Å²) in [5, 5.41) is 23.1. The lowest BCUT2D eigenvalue weighted by Gasteiger charge is -2.20. The number of carbonyl (C=O) groups excluding carboxylic acids is 2. The molecule has 8 nitrogen and oxygen atoms in total. The minimum absolute atomic E-state index is 0.0335. The summed E-state index contributed by atoms with van der Waals surface area (Å²) < 4.78 is 5.13. The highest BCUT2D eigenvalue weighted by atomic mass is 16.5. The highest BCUT2D eigenvalue weighted by molar-refractivity contribution is 5.89. The normalized spacial score (nSPS) is 12.5. The first kappa shape index (κ1) is 20.8. The third-order valence-electron chi connectivity index (χ3n) is 3.93. The first-order chi connectivity index (χ1) is 13.3. The Hall–Kier alpha value is -3.55. The number of carbonyl (C=O) groups is 3. The number of hydrogen-bond donors (Lipinski definition) is 4. The second-order valence-corrected chi connectivity index (χ2v) is 6.20. The molecule has 0 spiro atoms. The zero-order chi connectivity index (χ0) is 20.5. The first-order valence-corrected chi connectivity index (χ1v) is 8.63. The number of rotatable bonds is 8. The summed E-state index contributed by atoms with van der Waals surface area (Å²) in [6.07, 6.45) is -0.704. The monoisotopic (exact) mass is 386 g/mol. The van der Waals surface area contributed by atoms with Crippen molar-refractivity contribution < 1.29 is 29.3 Å². The van der Waals surface area contributed by atoms with Crippen LogP contribution in [0.1, 0.15) is 18.1 Å². The van der Waals surface area contributed by atoms with Crippen LogP contribution in [0.3, 0.4) is 0 Å². The van der Waals surface area contributed by atoms with Crippen molar-refractivity contribution in [2.24, 2.45) is 0 Å². The molecule has 0 heterocycles. The van der Waals surface area contributed by atoms with E-state index in [-0.39, 0.29) is 18.8 Å². The third kappa shape index (κ3) is 6.64. The number of amides is 2. The van der Waals surface area contributed by atoms with E-state index in [2.05, 4.69) is 10.6 Å². The molecule has 148 valence electrons. The van der Waals surface area contributed by atoms with Gasteiger partial charge >= 0.3 is 12.1 Å². The molecule has 0 saturated carbocycles. The Balaban J connectivity index is 2.03. The van der Waals surface area contributed by atoms with Gasteiger partial charge in [0.15, 0.2) is 0 Å². The van der Waals surface area contributed by atoms with Crippen molar-refractivity contribution in [3.8, 4) is 5.75 Å². The minimum atomic E-state index is -1.19. The molecular formula is C20H22N2O6. The molecule has 2 rings (SSSR count). The van der Waals surface area contributed by atoms with Gasteiger partial charge in [0.05, 0.1) is 0 Å². The summed E-state index contributed by atoms with van der Waals surface area (Å²) >= 11 is 0. The molecule has 0 fully saturated rings. The number of ether oxygens (including phenoxy) is 1. The van der Waals surface area contributed by atoms with Crippen molar-refractivity contribution in [2.45, 2.75) is 32.0 Å². The maximum Gasteiger partial charge on any atom is 0.408 e. The number of phenolic OH excluding ortho intramolecular Hbond substituents is 1. The second kappa shape index (κ2) is 9.96. The van der Waals surface area contributed by atoms with Crippen molar-refractivity contribution in [3.05, 3.63) is 65.7 Å². The van der Waals surface area contributed by atoms with Gasteiger partial charge in [0.25, 0.3) is 0 Å². The van der Waals surface area contributed by atoms with E-state index in [4.69, 9.17) is 9.84 Å². The lowest BCUT2D eigenvalue weighted by molar-refractivity contribution is -0.141. The SMILES string of the molecule is C[C@H](NC(=O)[C@H](Cc1ccc(O)cc1)NC(=O)OCc1ccccc1)C(=O)O. The Morgan fingerprint density at radius 2 is 1.61 bits per heavy atom. The number of carboxylic acid groups (broad SMARTS) is 1. The van der Waals surface area contributed by atoms with Crippen molar-refractivity contribution in [3.63, 3.8) is 0 Å². The molecule has 28 heavy (non-hydrogen) atoms. The highest BCUT2D eigenvalue weighted by Gasteiger charge is 2.25. The average molecular weight is 386 g/mol. The van der Waals surface area contributed by atoms with Crippen LogP contribution in [0.5, 0.6) is 5.75 Å². The van der Waals surface area contributed by atoms with Gasteiger partial charge in [-0.1, -0.05) is 42.5 Å². The molecule has 2 aromatic rings. The molecular weight excluding hydrogens is 364 g/mol. The van der Waals surface area contributed by atoms with Crippen LogP contribution in [0.15, 0.2) is 54.6 Å². The van der Waals surface area contributed by atoms with Gasteiger partial charge in [0, 0.05) is 6.42 Å². The predicted octanol–water partition coefficient (Wildman–Crippen LogP) is 1.82. The topological polar surface area (TPSA) is 125 Å². The summed E-state index contributed by atoms with van der Waals surface area (Å²) in [6.45, 7) is 1.36. The maximum absolute atomic E-state index is 12.4. The summed E-state index contributed by atoms with van der Waals surface area (Å²) in [7, 11) is 0. The van der Waals surface area contributed by atoms with Gasteiger partial charge in [-0.25, -0.2) is 4.79 Å². The van der Waals surface area contributed by atoms with Crippen LogP contribution in [-0.4, -0.2) is 40.3 Å². The van der Waals surface area contributed by atoms with Crippen LogP contribution in [0, 0.1) is 0 Å². The molecule has 0 aliphatic carbocycles. The Kier molecular flexibility index (Phi) is 7.38. The molecule has 0 radical (unpaired) electrons. The average Bonchev–Trinajstić information content (AvgIpc) is 2.68. The fourth-order valence-electron chi connectivity index (χ4n) is 2.36. The number of benzene rings is 2. The summed E-state index contributed by atoms with van der Waals surface area (Å²) in [6, 6.07) is 13.0. The number of alkyl carbamates (subject to hydrolysis) is 1. The van der Waals surface area contributed by atoms with Crippen molar-refractivity contribution in [1.29, 1.82) is 0 Å². The van der Waals surface area contributed by atoms with E-state index >= 15 is 0 Å². The molecule has 8 heteroatoms. The van der Waals surface area contributed by atoms with E-state index in [0.717, 1.165) is 5.56 Å². The molecule has 2 atom stereocenters. The van der Waals surface area contributed by atoms with E-state index in [1.165, 1.54) is 19.1 Å². The minimum Gasteiger partial charge on any atom is -0.508 e. The van der Waals surface area contributed by atoms with Crippen LogP contribution >= 0.6 is 0 Å². The van der Waals surface area contributed by atoms with Crippen LogP contribution in [0.4, 0.5) is 4.79 Å². The third-order valence-corrected chi connectivity index (χ3v) is 3.93. The number of aromatic hydroxyl groups is 1. The molecule has 0 unspecified atom stereocenters. The van der Waals surface area contributed by atoms with Crippen LogP contribution in [-0.2, 0) is 27.4 Å². The molecule has 2 amide bonds. The maximum atomic E-state index is 12.4. The first-order valence-electron chi connectivity index (χ1n) is 8.63. The molecule has 0 aromatic heterocycles. The van der Waals surface area contributed by atoms with E-state index in [0.29, 0.717) is 5.56 Å². The number of carboxylic acids is 1. The lowest BCUT2D eigenvalue weighted by Crippen LogP contribution is -2.51. The zero-order valence-electron chi connectivity index (χ0n) is 15.3. The largest absolute Gasteiger partial charge is 0.508 e. The number of phenols is 1. The lowest BCUT2D eigenvalue weighted by atomic mass is 10.0. The molecule has 0 aliphatic rings. The van der Waals surface area contributed by atoms with Crippen LogP contribution in [0.2, 0.25) is 0 Å². The van der Waals surface area contributed by atoms with E-state index < -0.39 is 30.1 Å². The molecule has 0 aliphatic heterocycles. The summed E-state index contributed by atoms with van der Waals surface area (Å²) in [4.78, 5) is 35.6. The van der Waals surface area contributed by atoms with Crippen LogP contribution in [0.25, 0.3) is 0 Å². The van der Waals surface area contributed by atoms with Crippen molar-refractivity contribution in [2.75, 3.05) is 0 Å². The van der Waals surface area contributed by atoms with Gasteiger partial charge < -0.3 is 25.6 Å². The standard InChI is InChI=1S/C20H22N2O6/c1-13(19(25)26)21-18(24)17(11-14-7-9-16(23)10-8-14)22-20(27)28-12-15-5-3-2-4-6-15/h2-10,13,17,23H,11-12H2,1H3,(H,21,24)(H,22,27)(H,25,26)/t13-,17-/m0/s1. The molecule has 0 bridgehead atoms. The molecule has 4 N–H and O–H groups in total.